The fourth-order valence-electron chi connectivity index (χ4n) is 1.74. The van der Waals surface area contributed by atoms with Gasteiger partial charge in [-0.2, -0.15) is 0 Å². The zero-order valence-corrected chi connectivity index (χ0v) is 11.5. The second kappa shape index (κ2) is 8.69. The van der Waals surface area contributed by atoms with Crippen molar-refractivity contribution < 1.29 is 4.74 Å². The standard InChI is InChI=1S/C11H24BrNO/c1-5-11(6-2)13(8-7-12)9-10(3)14-4/h10-11H,5-9H2,1-4H3. The third-order valence-corrected chi connectivity index (χ3v) is 3.08. The number of hydrogen-bond donors (Lipinski definition) is 0. The minimum Gasteiger partial charge on any atom is -0.380 e. The molecule has 0 fully saturated rings. The molecule has 0 aromatic heterocycles. The predicted molar refractivity (Wildman–Crippen MR) is 66.2 cm³/mol. The van der Waals surface area contributed by atoms with E-state index >= 15 is 0 Å². The molecule has 0 bridgehead atoms. The molecular weight excluding hydrogens is 242 g/mol. The third-order valence-electron chi connectivity index (χ3n) is 2.72. The van der Waals surface area contributed by atoms with E-state index in [1.165, 1.54) is 12.8 Å². The van der Waals surface area contributed by atoms with E-state index < -0.39 is 0 Å². The summed E-state index contributed by atoms with van der Waals surface area (Å²) in [5.41, 5.74) is 0. The van der Waals surface area contributed by atoms with Crippen LogP contribution in [0, 0.1) is 0 Å². The lowest BCUT2D eigenvalue weighted by Gasteiger charge is -2.31. The van der Waals surface area contributed by atoms with Gasteiger partial charge in [-0.15, -0.1) is 0 Å². The van der Waals surface area contributed by atoms with Gasteiger partial charge in [-0.1, -0.05) is 29.8 Å². The first-order chi connectivity index (χ1) is 6.69. The first-order valence-electron chi connectivity index (χ1n) is 5.52. The molecule has 1 unspecified atom stereocenters. The van der Waals surface area contributed by atoms with E-state index in [0.717, 1.165) is 18.4 Å². The zero-order valence-electron chi connectivity index (χ0n) is 9.92. The molecule has 0 rings (SSSR count). The second-order valence-corrected chi connectivity index (χ2v) is 4.49. The van der Waals surface area contributed by atoms with Crippen molar-refractivity contribution in [1.82, 2.24) is 4.90 Å². The number of nitrogens with zero attached hydrogens (tertiary/aromatic N) is 1. The molecule has 14 heavy (non-hydrogen) atoms. The van der Waals surface area contributed by atoms with Crippen molar-refractivity contribution in [3.8, 4) is 0 Å². The van der Waals surface area contributed by atoms with Crippen LogP contribution in [0.5, 0.6) is 0 Å². The lowest BCUT2D eigenvalue weighted by atomic mass is 10.1. The van der Waals surface area contributed by atoms with Crippen LogP contribution in [0.1, 0.15) is 33.6 Å². The monoisotopic (exact) mass is 265 g/mol. The predicted octanol–water partition coefficient (Wildman–Crippen LogP) is 2.91. The minimum absolute atomic E-state index is 0.328. The minimum atomic E-state index is 0.328. The lowest BCUT2D eigenvalue weighted by molar-refractivity contribution is 0.0608. The maximum atomic E-state index is 5.31. The maximum Gasteiger partial charge on any atom is 0.0670 e. The highest BCUT2D eigenvalue weighted by atomic mass is 79.9. The number of halogens is 1. The Balaban J connectivity index is 4.10. The van der Waals surface area contributed by atoms with Crippen LogP contribution >= 0.6 is 15.9 Å². The van der Waals surface area contributed by atoms with Gasteiger partial charge in [0.05, 0.1) is 6.10 Å². The van der Waals surface area contributed by atoms with Gasteiger partial charge in [0.2, 0.25) is 0 Å². The summed E-state index contributed by atoms with van der Waals surface area (Å²) >= 11 is 3.51. The SMILES string of the molecule is CCC(CC)N(CCBr)CC(C)OC. The molecular formula is C11H24BrNO. The van der Waals surface area contributed by atoms with Gasteiger partial charge in [0.25, 0.3) is 0 Å². The second-order valence-electron chi connectivity index (χ2n) is 3.70. The highest BCUT2D eigenvalue weighted by molar-refractivity contribution is 9.09. The molecule has 0 aliphatic rings. The molecule has 0 aromatic rings. The largest absolute Gasteiger partial charge is 0.380 e. The molecule has 0 aromatic carbocycles. The van der Waals surface area contributed by atoms with Crippen LogP contribution in [0.15, 0.2) is 0 Å². The van der Waals surface area contributed by atoms with Crippen LogP contribution < -0.4 is 0 Å². The molecule has 0 spiro atoms. The normalized spacial score (nSPS) is 13.9. The van der Waals surface area contributed by atoms with E-state index in [1.54, 1.807) is 7.11 Å². The molecule has 0 N–H and O–H groups in total. The summed E-state index contributed by atoms with van der Waals surface area (Å²) in [6.45, 7) is 8.79. The Hall–Kier alpha value is 0.400. The third kappa shape index (κ3) is 5.32. The van der Waals surface area contributed by atoms with Crippen molar-refractivity contribution in [3.63, 3.8) is 0 Å². The quantitative estimate of drug-likeness (QED) is 0.626. The number of hydrogen-bond acceptors (Lipinski definition) is 2. The van der Waals surface area contributed by atoms with Crippen molar-refractivity contribution in [1.29, 1.82) is 0 Å². The molecule has 0 aliphatic carbocycles. The van der Waals surface area contributed by atoms with Crippen LogP contribution in [-0.4, -0.2) is 42.6 Å². The van der Waals surface area contributed by atoms with Crippen LogP contribution in [0.2, 0.25) is 0 Å². The highest BCUT2D eigenvalue weighted by Crippen LogP contribution is 2.10. The summed E-state index contributed by atoms with van der Waals surface area (Å²) in [6, 6.07) is 0.699. The summed E-state index contributed by atoms with van der Waals surface area (Å²) in [7, 11) is 1.78. The first kappa shape index (κ1) is 14.4. The molecule has 0 amide bonds. The summed E-state index contributed by atoms with van der Waals surface area (Å²) in [6.07, 6.45) is 2.77. The summed E-state index contributed by atoms with van der Waals surface area (Å²) < 4.78 is 5.31. The van der Waals surface area contributed by atoms with Gasteiger partial charge in [0.15, 0.2) is 0 Å². The van der Waals surface area contributed by atoms with Crippen LogP contribution in [0.25, 0.3) is 0 Å². The Morgan fingerprint density at radius 1 is 1.29 bits per heavy atom. The number of rotatable bonds is 8. The average Bonchev–Trinajstić information content (AvgIpc) is 2.19. The van der Waals surface area contributed by atoms with Crippen molar-refractivity contribution >= 4 is 15.9 Å². The number of ether oxygens (including phenoxy) is 1. The summed E-state index contributed by atoms with van der Waals surface area (Å²) in [4.78, 5) is 2.52. The molecule has 2 nitrogen and oxygen atoms in total. The lowest BCUT2D eigenvalue weighted by Crippen LogP contribution is -2.40. The van der Waals surface area contributed by atoms with E-state index in [-0.39, 0.29) is 0 Å². The van der Waals surface area contributed by atoms with E-state index in [9.17, 15) is 0 Å². The zero-order chi connectivity index (χ0) is 11.0. The van der Waals surface area contributed by atoms with E-state index in [0.29, 0.717) is 12.1 Å². The topological polar surface area (TPSA) is 12.5 Å². The van der Waals surface area contributed by atoms with Crippen molar-refractivity contribution in [2.75, 3.05) is 25.5 Å². The molecule has 3 heteroatoms. The van der Waals surface area contributed by atoms with Gasteiger partial charge < -0.3 is 4.74 Å². The summed E-state index contributed by atoms with van der Waals surface area (Å²) in [5, 5.41) is 1.04. The van der Waals surface area contributed by atoms with Gasteiger partial charge in [-0.25, -0.2) is 0 Å². The van der Waals surface area contributed by atoms with E-state index in [1.807, 2.05) is 0 Å². The summed E-state index contributed by atoms with van der Waals surface area (Å²) in [5.74, 6) is 0. The van der Waals surface area contributed by atoms with Crippen LogP contribution in [-0.2, 0) is 4.74 Å². The molecule has 0 heterocycles. The van der Waals surface area contributed by atoms with Gasteiger partial charge >= 0.3 is 0 Å². The molecule has 86 valence electrons. The number of methoxy groups -OCH3 is 1. The Morgan fingerprint density at radius 2 is 1.86 bits per heavy atom. The van der Waals surface area contributed by atoms with Crippen molar-refractivity contribution in [2.24, 2.45) is 0 Å². The first-order valence-corrected chi connectivity index (χ1v) is 6.64. The molecule has 0 saturated heterocycles. The van der Waals surface area contributed by atoms with Crippen LogP contribution in [0.4, 0.5) is 0 Å². The molecule has 0 aliphatic heterocycles. The number of alkyl halides is 1. The fraction of sp³-hybridized carbons (Fsp3) is 1.00. The molecule has 0 radical (unpaired) electrons. The Kier molecular flexibility index (Phi) is 8.94. The van der Waals surface area contributed by atoms with Gasteiger partial charge in [0.1, 0.15) is 0 Å². The van der Waals surface area contributed by atoms with Gasteiger partial charge in [-0.05, 0) is 19.8 Å². The Bertz CT molecular complexity index is 128. The smallest absolute Gasteiger partial charge is 0.0670 e. The van der Waals surface area contributed by atoms with Crippen molar-refractivity contribution in [2.45, 2.75) is 45.8 Å². The van der Waals surface area contributed by atoms with Crippen molar-refractivity contribution in [3.05, 3.63) is 0 Å². The molecule has 1 atom stereocenters. The van der Waals surface area contributed by atoms with Gasteiger partial charge in [0, 0.05) is 31.6 Å². The van der Waals surface area contributed by atoms with E-state index in [4.69, 9.17) is 4.74 Å². The maximum absolute atomic E-state index is 5.31. The van der Waals surface area contributed by atoms with Gasteiger partial charge in [-0.3, -0.25) is 4.90 Å². The Morgan fingerprint density at radius 3 is 2.21 bits per heavy atom. The Labute approximate surface area is 97.1 Å². The average molecular weight is 266 g/mol. The van der Waals surface area contributed by atoms with Crippen LogP contribution in [0.3, 0.4) is 0 Å². The molecule has 0 saturated carbocycles. The highest BCUT2D eigenvalue weighted by Gasteiger charge is 2.16. The van der Waals surface area contributed by atoms with E-state index in [2.05, 4.69) is 41.6 Å². The fourth-order valence-corrected chi connectivity index (χ4v) is 2.20.